The fourth-order valence-corrected chi connectivity index (χ4v) is 6.61. The number of hydrogen-bond acceptors (Lipinski definition) is 5. The number of unbranched alkanes of at least 4 members (excludes halogenated alkanes) is 16. The Kier molecular flexibility index (Phi) is 49.0. The van der Waals surface area contributed by atoms with Crippen LogP contribution >= 0.6 is 0 Å². The zero-order chi connectivity index (χ0) is 44.9. The zero-order valence-electron chi connectivity index (χ0n) is 40.3. The number of carbonyl (C=O) groups is 2. The second-order valence-electron chi connectivity index (χ2n) is 16.3. The molecule has 0 N–H and O–H groups in total. The van der Waals surface area contributed by atoms with Crippen LogP contribution in [0.4, 0.5) is 0 Å². The van der Waals surface area contributed by atoms with Crippen LogP contribution in [0.1, 0.15) is 213 Å². The molecule has 0 aliphatic heterocycles. The average Bonchev–Trinajstić information content (AvgIpc) is 3.27. The van der Waals surface area contributed by atoms with Crippen molar-refractivity contribution in [3.63, 3.8) is 0 Å². The summed E-state index contributed by atoms with van der Waals surface area (Å²) in [5.74, 6) is -0.517. The molecule has 0 saturated carbocycles. The summed E-state index contributed by atoms with van der Waals surface area (Å²) in [4.78, 5) is 25.3. The summed E-state index contributed by atoms with van der Waals surface area (Å²) in [6, 6.07) is 0. The van der Waals surface area contributed by atoms with Gasteiger partial charge in [0.25, 0.3) is 0 Å². The van der Waals surface area contributed by atoms with Gasteiger partial charge in [0, 0.05) is 19.4 Å². The van der Waals surface area contributed by atoms with Crippen LogP contribution in [0.5, 0.6) is 0 Å². The summed E-state index contributed by atoms with van der Waals surface area (Å²) < 4.78 is 17.3. The lowest BCUT2D eigenvalue weighted by Gasteiger charge is -2.18. The van der Waals surface area contributed by atoms with Crippen LogP contribution in [-0.2, 0) is 23.8 Å². The first kappa shape index (κ1) is 58.6. The first-order chi connectivity index (χ1) is 30.6. The first-order valence-electron chi connectivity index (χ1n) is 25.4. The van der Waals surface area contributed by atoms with Crippen molar-refractivity contribution in [2.45, 2.75) is 219 Å². The molecule has 0 aliphatic rings. The van der Waals surface area contributed by atoms with Crippen LogP contribution in [0, 0.1) is 0 Å². The van der Waals surface area contributed by atoms with Crippen LogP contribution < -0.4 is 0 Å². The van der Waals surface area contributed by atoms with E-state index in [9.17, 15) is 9.59 Å². The van der Waals surface area contributed by atoms with Gasteiger partial charge in [-0.05, 0) is 89.9 Å². The van der Waals surface area contributed by atoms with E-state index in [1.165, 1.54) is 77.0 Å². The molecule has 352 valence electrons. The summed E-state index contributed by atoms with van der Waals surface area (Å²) in [6.45, 7) is 7.50. The first-order valence-corrected chi connectivity index (χ1v) is 25.4. The molecule has 0 rings (SSSR count). The quantitative estimate of drug-likeness (QED) is 0.0347. The maximum Gasteiger partial charge on any atom is 0.306 e. The van der Waals surface area contributed by atoms with Crippen molar-refractivity contribution in [3.05, 3.63) is 109 Å². The second-order valence-corrected chi connectivity index (χ2v) is 16.3. The predicted octanol–water partition coefficient (Wildman–Crippen LogP) is 17.2. The van der Waals surface area contributed by atoms with Gasteiger partial charge in [-0.1, -0.05) is 220 Å². The number of hydrogen-bond donors (Lipinski definition) is 0. The Bertz CT molecular complexity index is 1250. The van der Waals surface area contributed by atoms with Crippen molar-refractivity contribution in [2.75, 3.05) is 19.8 Å². The highest BCUT2D eigenvalue weighted by Crippen LogP contribution is 2.13. The number of ether oxygens (including phenoxy) is 3. The van der Waals surface area contributed by atoms with Gasteiger partial charge < -0.3 is 14.2 Å². The highest BCUT2D eigenvalue weighted by molar-refractivity contribution is 5.70. The van der Waals surface area contributed by atoms with Crippen molar-refractivity contribution in [1.82, 2.24) is 0 Å². The molecule has 0 aromatic heterocycles. The Hall–Kier alpha value is -3.44. The molecule has 0 heterocycles. The standard InChI is InChI=1S/C57H94O5/c1-4-7-10-13-16-19-22-25-27-28-29-30-32-33-35-38-41-44-47-50-56(58)61-54-55(53-60-52-49-46-43-40-37-24-21-18-15-12-9-6-3)62-57(59)51-48-45-42-39-36-34-31-26-23-20-17-14-11-8-5-2/h7-8,10-11,16-17,19-20,25-27,29-31,33,35,41,44,55H,4-6,9,12-15,18,21-24,28,32,34,36-40,42-43,45-54H2,1-3H3/b10-7-,11-8-,19-16-,20-17-,27-25-,30-29-,31-26-,35-33-,44-41-. The molecule has 0 amide bonds. The van der Waals surface area contributed by atoms with Crippen LogP contribution in [0.25, 0.3) is 0 Å². The van der Waals surface area contributed by atoms with Gasteiger partial charge in [-0.15, -0.1) is 0 Å². The smallest absolute Gasteiger partial charge is 0.306 e. The maximum absolute atomic E-state index is 12.8. The van der Waals surface area contributed by atoms with Gasteiger partial charge in [-0.25, -0.2) is 0 Å². The highest BCUT2D eigenvalue weighted by Gasteiger charge is 2.17. The largest absolute Gasteiger partial charge is 0.462 e. The molecule has 0 spiro atoms. The number of carbonyl (C=O) groups excluding carboxylic acids is 2. The molecule has 0 aliphatic carbocycles. The molecule has 5 nitrogen and oxygen atoms in total. The summed E-state index contributed by atoms with van der Waals surface area (Å²) in [5.41, 5.74) is 0. The minimum Gasteiger partial charge on any atom is -0.462 e. The Morgan fingerprint density at radius 2 is 0.758 bits per heavy atom. The summed E-state index contributed by atoms with van der Waals surface area (Å²) in [5, 5.41) is 0. The van der Waals surface area contributed by atoms with E-state index >= 15 is 0 Å². The average molecular weight is 859 g/mol. The van der Waals surface area contributed by atoms with Gasteiger partial charge in [-0.3, -0.25) is 9.59 Å². The minimum atomic E-state index is -0.580. The molecular formula is C57H94O5. The minimum absolute atomic E-state index is 0.0337. The molecule has 62 heavy (non-hydrogen) atoms. The van der Waals surface area contributed by atoms with Gasteiger partial charge in [-0.2, -0.15) is 0 Å². The normalized spacial score (nSPS) is 13.1. The van der Waals surface area contributed by atoms with Gasteiger partial charge in [0.2, 0.25) is 0 Å². The van der Waals surface area contributed by atoms with E-state index in [4.69, 9.17) is 14.2 Å². The van der Waals surface area contributed by atoms with E-state index in [1.54, 1.807) is 0 Å². The van der Waals surface area contributed by atoms with Crippen LogP contribution in [-0.4, -0.2) is 37.9 Å². The van der Waals surface area contributed by atoms with Gasteiger partial charge >= 0.3 is 11.9 Å². The van der Waals surface area contributed by atoms with E-state index in [0.29, 0.717) is 25.9 Å². The van der Waals surface area contributed by atoms with Crippen LogP contribution in [0.3, 0.4) is 0 Å². The van der Waals surface area contributed by atoms with Gasteiger partial charge in [0.1, 0.15) is 6.61 Å². The fraction of sp³-hybridized carbons (Fsp3) is 0.649. The third-order valence-corrected chi connectivity index (χ3v) is 10.3. The molecule has 0 bridgehead atoms. The Morgan fingerprint density at radius 3 is 1.23 bits per heavy atom. The highest BCUT2D eigenvalue weighted by atomic mass is 16.6. The molecule has 0 radical (unpaired) electrons. The number of esters is 2. The van der Waals surface area contributed by atoms with E-state index in [1.807, 2.05) is 6.08 Å². The lowest BCUT2D eigenvalue weighted by molar-refractivity contribution is -0.162. The molecule has 0 aromatic carbocycles. The van der Waals surface area contributed by atoms with Gasteiger partial charge in [0.15, 0.2) is 6.10 Å². The molecule has 0 saturated heterocycles. The monoisotopic (exact) mass is 859 g/mol. The van der Waals surface area contributed by atoms with Crippen molar-refractivity contribution in [2.24, 2.45) is 0 Å². The van der Waals surface area contributed by atoms with Crippen LogP contribution in [0.2, 0.25) is 0 Å². The molecule has 5 heteroatoms. The predicted molar refractivity (Wildman–Crippen MR) is 269 cm³/mol. The Balaban J connectivity index is 4.42. The second kappa shape index (κ2) is 51.9. The number of allylic oxidation sites excluding steroid dienone is 18. The third kappa shape index (κ3) is 49.2. The van der Waals surface area contributed by atoms with E-state index in [0.717, 1.165) is 96.3 Å². The molecular weight excluding hydrogens is 765 g/mol. The summed E-state index contributed by atoms with van der Waals surface area (Å²) in [7, 11) is 0. The topological polar surface area (TPSA) is 61.8 Å². The Labute approximate surface area is 383 Å². The SMILES string of the molecule is CC/C=C\C/C=C\C/C=C\C/C=C\C/C=C\C/C=C\CCC(=O)OCC(COCCCCCCCCCCCCCC)OC(=O)CCCCCCC/C=C\C/C=C\C/C=C\CC. The third-order valence-electron chi connectivity index (χ3n) is 10.3. The summed E-state index contributed by atoms with van der Waals surface area (Å²) in [6.07, 6.45) is 71.0. The van der Waals surface area contributed by atoms with Crippen molar-refractivity contribution < 1.29 is 23.8 Å². The zero-order valence-corrected chi connectivity index (χ0v) is 40.3. The molecule has 0 aromatic rings. The lowest BCUT2D eigenvalue weighted by Crippen LogP contribution is -2.30. The lowest BCUT2D eigenvalue weighted by atomic mass is 10.1. The van der Waals surface area contributed by atoms with E-state index in [2.05, 4.69) is 124 Å². The van der Waals surface area contributed by atoms with Crippen molar-refractivity contribution in [3.8, 4) is 0 Å². The Morgan fingerprint density at radius 1 is 0.371 bits per heavy atom. The number of rotatable bonds is 45. The molecule has 1 atom stereocenters. The van der Waals surface area contributed by atoms with Crippen molar-refractivity contribution in [1.29, 1.82) is 0 Å². The van der Waals surface area contributed by atoms with E-state index < -0.39 is 6.10 Å². The maximum atomic E-state index is 12.8. The summed E-state index contributed by atoms with van der Waals surface area (Å²) >= 11 is 0. The molecule has 0 fully saturated rings. The van der Waals surface area contributed by atoms with E-state index in [-0.39, 0.29) is 25.2 Å². The fourth-order valence-electron chi connectivity index (χ4n) is 6.61. The van der Waals surface area contributed by atoms with Gasteiger partial charge in [0.05, 0.1) is 6.61 Å². The van der Waals surface area contributed by atoms with Crippen molar-refractivity contribution >= 4 is 11.9 Å². The van der Waals surface area contributed by atoms with Crippen LogP contribution in [0.15, 0.2) is 109 Å². The molecule has 1 unspecified atom stereocenters.